The van der Waals surface area contributed by atoms with Crippen molar-refractivity contribution in [3.8, 4) is 0 Å². The molecule has 0 radical (unpaired) electrons. The molecule has 44 heavy (non-hydrogen) atoms. The number of esters is 4. The number of benzene rings is 1. The quantitative estimate of drug-likeness (QED) is 0.225. The summed E-state index contributed by atoms with van der Waals surface area (Å²) in [5.41, 5.74) is -0.539. The molecule has 246 valence electrons. The van der Waals surface area contributed by atoms with Crippen molar-refractivity contribution in [3.63, 3.8) is 0 Å². The molecule has 0 N–H and O–H groups in total. The first kappa shape index (κ1) is 35.7. The zero-order valence-corrected chi connectivity index (χ0v) is 26.5. The summed E-state index contributed by atoms with van der Waals surface area (Å²) < 4.78 is 57.4. The molecular formula is C29H40O14S. The molecule has 10 atom stereocenters. The number of thioether (sulfide) groups is 1. The molecule has 3 rings (SSSR count). The summed E-state index contributed by atoms with van der Waals surface area (Å²) in [7, 11) is 4.59. The van der Waals surface area contributed by atoms with Gasteiger partial charge >= 0.3 is 23.9 Å². The minimum atomic E-state index is -1.38. The monoisotopic (exact) mass is 644 g/mol. The highest BCUT2D eigenvalue weighted by Crippen LogP contribution is 2.37. The van der Waals surface area contributed by atoms with Crippen LogP contribution in [0.25, 0.3) is 0 Å². The van der Waals surface area contributed by atoms with E-state index >= 15 is 0 Å². The third kappa shape index (κ3) is 9.60. The maximum Gasteiger partial charge on any atom is 0.303 e. The van der Waals surface area contributed by atoms with Crippen molar-refractivity contribution in [2.24, 2.45) is 0 Å². The first-order chi connectivity index (χ1) is 21.0. The van der Waals surface area contributed by atoms with Crippen LogP contribution in [-0.4, -0.2) is 119 Å². The lowest BCUT2D eigenvalue weighted by atomic mass is 9.97. The summed E-state index contributed by atoms with van der Waals surface area (Å²) in [5, 5.41) is 0. The molecular weight excluding hydrogens is 604 g/mol. The van der Waals surface area contributed by atoms with E-state index in [-0.39, 0.29) is 13.2 Å². The molecule has 2 saturated heterocycles. The number of methoxy groups -OCH3 is 3. The molecule has 0 aliphatic carbocycles. The highest BCUT2D eigenvalue weighted by molar-refractivity contribution is 7.99. The smallest absolute Gasteiger partial charge is 0.303 e. The predicted octanol–water partition coefficient (Wildman–Crippen LogP) is 1.65. The molecule has 0 bridgehead atoms. The van der Waals surface area contributed by atoms with Gasteiger partial charge in [0.25, 0.3) is 0 Å². The Morgan fingerprint density at radius 2 is 1.18 bits per heavy atom. The maximum absolute atomic E-state index is 12.2. The Labute approximate surface area is 260 Å². The fraction of sp³-hybridized carbons (Fsp3) is 0.655. The first-order valence-corrected chi connectivity index (χ1v) is 14.7. The zero-order chi connectivity index (χ0) is 32.4. The van der Waals surface area contributed by atoms with Crippen molar-refractivity contribution in [2.45, 2.75) is 93.1 Å². The van der Waals surface area contributed by atoms with E-state index in [1.807, 2.05) is 30.3 Å². The molecule has 14 nitrogen and oxygen atoms in total. The minimum Gasteiger partial charge on any atom is -0.463 e. The fourth-order valence-electron chi connectivity index (χ4n) is 5.05. The van der Waals surface area contributed by atoms with E-state index in [4.69, 9.17) is 47.4 Å². The highest BCUT2D eigenvalue weighted by Gasteiger charge is 2.54. The van der Waals surface area contributed by atoms with E-state index in [2.05, 4.69) is 0 Å². The van der Waals surface area contributed by atoms with Crippen LogP contribution in [0.15, 0.2) is 35.2 Å². The largest absolute Gasteiger partial charge is 0.463 e. The van der Waals surface area contributed by atoms with Crippen molar-refractivity contribution in [3.05, 3.63) is 30.3 Å². The van der Waals surface area contributed by atoms with Crippen LogP contribution in [0.3, 0.4) is 0 Å². The summed E-state index contributed by atoms with van der Waals surface area (Å²) in [6, 6.07) is 9.60. The third-order valence-electron chi connectivity index (χ3n) is 6.78. The molecule has 2 aliphatic rings. The minimum absolute atomic E-state index is 0.172. The summed E-state index contributed by atoms with van der Waals surface area (Å²) in [5.74, 6) is -2.85. The van der Waals surface area contributed by atoms with Crippen LogP contribution in [0.5, 0.6) is 0 Å². The van der Waals surface area contributed by atoms with Crippen LogP contribution in [-0.2, 0) is 66.5 Å². The summed E-state index contributed by atoms with van der Waals surface area (Å²) in [6.07, 6.45) is -9.06. The Morgan fingerprint density at radius 3 is 1.73 bits per heavy atom. The van der Waals surface area contributed by atoms with E-state index in [1.165, 1.54) is 32.9 Å². The van der Waals surface area contributed by atoms with Crippen LogP contribution in [0, 0.1) is 0 Å². The molecule has 2 fully saturated rings. The lowest BCUT2D eigenvalue weighted by molar-refractivity contribution is -0.318. The molecule has 0 saturated carbocycles. The molecule has 0 unspecified atom stereocenters. The molecule has 1 aromatic carbocycles. The van der Waals surface area contributed by atoms with Gasteiger partial charge in [-0.3, -0.25) is 19.2 Å². The SMILES string of the molecule is CO[C@@H]1[C@H](OC)[C@@H](Sc2ccccc2)O[C@H](CO[C@H]2O[C@H](COC(C)=O)[C@@H](OC(C)=O)[C@H](OC(C)=O)[C@@H]2OC(C)=O)[C@H]1OC. The molecule has 0 aromatic heterocycles. The van der Waals surface area contributed by atoms with Crippen molar-refractivity contribution in [1.82, 2.24) is 0 Å². The van der Waals surface area contributed by atoms with Crippen molar-refractivity contribution in [2.75, 3.05) is 34.5 Å². The molecule has 2 aliphatic heterocycles. The molecule has 0 amide bonds. The van der Waals surface area contributed by atoms with E-state index in [0.717, 1.165) is 25.7 Å². The molecule has 15 heteroatoms. The predicted molar refractivity (Wildman–Crippen MR) is 151 cm³/mol. The third-order valence-corrected chi connectivity index (χ3v) is 7.93. The Kier molecular flexibility index (Phi) is 13.8. The van der Waals surface area contributed by atoms with Gasteiger partial charge in [0.05, 0.1) is 6.61 Å². The van der Waals surface area contributed by atoms with Crippen LogP contribution < -0.4 is 0 Å². The van der Waals surface area contributed by atoms with Crippen LogP contribution in [0.1, 0.15) is 27.7 Å². The van der Waals surface area contributed by atoms with Gasteiger partial charge < -0.3 is 47.4 Å². The van der Waals surface area contributed by atoms with E-state index in [1.54, 1.807) is 7.11 Å². The van der Waals surface area contributed by atoms with Gasteiger partial charge in [-0.25, -0.2) is 0 Å². The highest BCUT2D eigenvalue weighted by atomic mass is 32.2. The van der Waals surface area contributed by atoms with Gasteiger partial charge in [0, 0.05) is 53.9 Å². The normalized spacial score (nSPS) is 31.9. The standard InChI is InChI=1S/C29H40O14S/c1-15(30)37-13-21-23(39-16(2)31)25(40-17(3)32)26(41-18(4)33)28(42-21)38-14-20-22(34-5)24(35-6)27(36-7)29(43-20)44-19-11-9-8-10-12-19/h8-12,20-29H,13-14H2,1-7H3/t20-,21-,22-,23-,24+,25+,26+,27+,28+,29-/m1/s1. The zero-order valence-electron chi connectivity index (χ0n) is 25.7. The Morgan fingerprint density at radius 1 is 0.636 bits per heavy atom. The van der Waals surface area contributed by atoms with Crippen molar-refractivity contribution < 1.29 is 66.5 Å². The summed E-state index contributed by atoms with van der Waals surface area (Å²) in [6.45, 7) is 4.08. The Hall–Kier alpha value is -2.79. The van der Waals surface area contributed by atoms with Gasteiger partial charge in [-0.05, 0) is 12.1 Å². The summed E-state index contributed by atoms with van der Waals surface area (Å²) in [4.78, 5) is 48.8. The molecule has 1 aromatic rings. The number of carbonyl (C=O) groups is 4. The molecule has 2 heterocycles. The van der Waals surface area contributed by atoms with Crippen LogP contribution in [0.2, 0.25) is 0 Å². The second-order valence-corrected chi connectivity index (χ2v) is 11.1. The number of hydrogen-bond acceptors (Lipinski definition) is 15. The lowest BCUT2D eigenvalue weighted by Crippen LogP contribution is -2.64. The Bertz CT molecular complexity index is 1100. The molecule has 0 spiro atoms. The van der Waals surface area contributed by atoms with Crippen molar-refractivity contribution in [1.29, 1.82) is 0 Å². The fourth-order valence-corrected chi connectivity index (χ4v) is 6.24. The topological polar surface area (TPSA) is 161 Å². The number of rotatable bonds is 13. The Balaban J connectivity index is 1.91. The second-order valence-electron chi connectivity index (χ2n) is 9.98. The van der Waals surface area contributed by atoms with E-state index in [0.29, 0.717) is 0 Å². The number of ether oxygens (including phenoxy) is 10. The number of carbonyl (C=O) groups excluding carboxylic acids is 4. The van der Waals surface area contributed by atoms with Crippen LogP contribution >= 0.6 is 11.8 Å². The average molecular weight is 645 g/mol. The van der Waals surface area contributed by atoms with Gasteiger partial charge in [0.15, 0.2) is 24.6 Å². The van der Waals surface area contributed by atoms with Crippen LogP contribution in [0.4, 0.5) is 0 Å². The van der Waals surface area contributed by atoms with Gasteiger partial charge in [0.2, 0.25) is 0 Å². The lowest BCUT2D eigenvalue weighted by Gasteiger charge is -2.46. The van der Waals surface area contributed by atoms with Gasteiger partial charge in [-0.1, -0.05) is 30.0 Å². The maximum atomic E-state index is 12.2. The van der Waals surface area contributed by atoms with E-state index in [9.17, 15) is 19.2 Å². The van der Waals surface area contributed by atoms with Gasteiger partial charge in [-0.15, -0.1) is 0 Å². The van der Waals surface area contributed by atoms with Gasteiger partial charge in [-0.2, -0.15) is 0 Å². The van der Waals surface area contributed by atoms with Gasteiger partial charge in [0.1, 0.15) is 42.6 Å². The number of hydrogen-bond donors (Lipinski definition) is 0. The summed E-state index contributed by atoms with van der Waals surface area (Å²) >= 11 is 1.43. The first-order valence-electron chi connectivity index (χ1n) is 13.9. The van der Waals surface area contributed by atoms with Crippen molar-refractivity contribution >= 4 is 35.6 Å². The average Bonchev–Trinajstić information content (AvgIpc) is 2.96. The van der Waals surface area contributed by atoms with E-state index < -0.39 is 84.4 Å². The second kappa shape index (κ2) is 17.1.